The summed E-state index contributed by atoms with van der Waals surface area (Å²) >= 11 is 5.88. The van der Waals surface area contributed by atoms with Crippen LogP contribution in [0.25, 0.3) is 0 Å². The molecule has 1 unspecified atom stereocenters. The van der Waals surface area contributed by atoms with Crippen molar-refractivity contribution in [1.82, 2.24) is 0 Å². The first-order valence-electron chi connectivity index (χ1n) is 6.24. The Balaban J connectivity index is 2.15. The number of hydrogen-bond donors (Lipinski definition) is 1. The van der Waals surface area contributed by atoms with Gasteiger partial charge in [0.2, 0.25) is 0 Å². The average molecular weight is 276 g/mol. The molecule has 0 saturated carbocycles. The topological polar surface area (TPSA) is 35.2 Å². The maximum atomic E-state index is 6.28. The van der Waals surface area contributed by atoms with E-state index in [1.165, 1.54) is 5.56 Å². The van der Waals surface area contributed by atoms with E-state index in [0.29, 0.717) is 0 Å². The van der Waals surface area contributed by atoms with Gasteiger partial charge in [-0.2, -0.15) is 0 Å². The van der Waals surface area contributed by atoms with Gasteiger partial charge in [-0.25, -0.2) is 0 Å². The summed E-state index contributed by atoms with van der Waals surface area (Å²) in [6.45, 7) is 2.06. The molecule has 2 N–H and O–H groups in total. The van der Waals surface area contributed by atoms with Crippen LogP contribution in [0.1, 0.15) is 22.7 Å². The summed E-state index contributed by atoms with van der Waals surface area (Å²) in [5.74, 6) is 0.861. The van der Waals surface area contributed by atoms with Gasteiger partial charge in [-0.05, 0) is 54.3 Å². The molecule has 0 amide bonds. The first kappa shape index (κ1) is 13.9. The Morgan fingerprint density at radius 3 is 2.42 bits per heavy atom. The molecule has 0 aliphatic carbocycles. The molecular formula is C16H18ClNO. The summed E-state index contributed by atoms with van der Waals surface area (Å²) in [6, 6.07) is 13.8. The molecule has 0 aliphatic heterocycles. The average Bonchev–Trinajstić information content (AvgIpc) is 2.41. The molecule has 0 saturated heterocycles. The highest BCUT2D eigenvalue weighted by Crippen LogP contribution is 2.24. The fourth-order valence-electron chi connectivity index (χ4n) is 2.18. The third kappa shape index (κ3) is 3.49. The molecule has 0 aromatic heterocycles. The van der Waals surface area contributed by atoms with Crippen LogP contribution in [-0.4, -0.2) is 7.11 Å². The number of halogens is 1. The molecule has 2 aromatic rings. The Bertz CT molecular complexity index is 551. The lowest BCUT2D eigenvalue weighted by Crippen LogP contribution is -2.14. The van der Waals surface area contributed by atoms with Gasteiger partial charge in [-0.3, -0.25) is 0 Å². The van der Waals surface area contributed by atoms with Gasteiger partial charge in [0, 0.05) is 11.1 Å². The minimum atomic E-state index is -0.0212. The van der Waals surface area contributed by atoms with Crippen molar-refractivity contribution in [2.75, 3.05) is 7.11 Å². The number of aryl methyl sites for hydroxylation is 1. The van der Waals surface area contributed by atoms with E-state index in [0.717, 1.165) is 28.3 Å². The Morgan fingerprint density at radius 2 is 1.84 bits per heavy atom. The number of methoxy groups -OCH3 is 1. The smallest absolute Gasteiger partial charge is 0.119 e. The maximum Gasteiger partial charge on any atom is 0.119 e. The van der Waals surface area contributed by atoms with Gasteiger partial charge in [0.15, 0.2) is 0 Å². The summed E-state index contributed by atoms with van der Waals surface area (Å²) in [6.07, 6.45) is 0.796. The van der Waals surface area contributed by atoms with E-state index >= 15 is 0 Å². The second-order valence-electron chi connectivity index (χ2n) is 4.66. The van der Waals surface area contributed by atoms with Crippen molar-refractivity contribution in [1.29, 1.82) is 0 Å². The fraction of sp³-hybridized carbons (Fsp3) is 0.250. The molecule has 100 valence electrons. The van der Waals surface area contributed by atoms with Crippen molar-refractivity contribution in [3.05, 3.63) is 64.2 Å². The van der Waals surface area contributed by atoms with Gasteiger partial charge in [0.1, 0.15) is 5.75 Å². The van der Waals surface area contributed by atoms with Crippen molar-refractivity contribution in [3.8, 4) is 5.75 Å². The van der Waals surface area contributed by atoms with Crippen molar-refractivity contribution in [3.63, 3.8) is 0 Å². The Hall–Kier alpha value is -1.51. The van der Waals surface area contributed by atoms with E-state index in [9.17, 15) is 0 Å². The van der Waals surface area contributed by atoms with Crippen molar-refractivity contribution in [2.24, 2.45) is 5.73 Å². The van der Waals surface area contributed by atoms with Gasteiger partial charge in [-0.15, -0.1) is 0 Å². The summed E-state index contributed by atoms with van der Waals surface area (Å²) < 4.78 is 5.21. The van der Waals surface area contributed by atoms with E-state index in [-0.39, 0.29) is 6.04 Å². The van der Waals surface area contributed by atoms with E-state index in [4.69, 9.17) is 22.1 Å². The molecule has 2 rings (SSSR count). The van der Waals surface area contributed by atoms with Crippen LogP contribution in [0, 0.1) is 6.92 Å². The van der Waals surface area contributed by atoms with Crippen molar-refractivity contribution < 1.29 is 4.74 Å². The van der Waals surface area contributed by atoms with Crippen LogP contribution in [0.3, 0.4) is 0 Å². The van der Waals surface area contributed by atoms with Crippen LogP contribution in [0.4, 0.5) is 0 Å². The van der Waals surface area contributed by atoms with E-state index in [1.807, 2.05) is 42.5 Å². The number of rotatable bonds is 4. The summed E-state index contributed by atoms with van der Waals surface area (Å²) in [7, 11) is 1.67. The fourth-order valence-corrected chi connectivity index (χ4v) is 2.30. The standard InChI is InChI=1S/C16H18ClNO/c1-11-9-14(19-2)7-8-15(11)16(18)10-12-3-5-13(17)6-4-12/h3-9,16H,10,18H2,1-2H3. The van der Waals surface area contributed by atoms with E-state index in [2.05, 4.69) is 6.92 Å². The van der Waals surface area contributed by atoms with Crippen LogP contribution in [-0.2, 0) is 6.42 Å². The molecule has 2 aromatic carbocycles. The molecule has 0 radical (unpaired) electrons. The predicted molar refractivity (Wildman–Crippen MR) is 79.8 cm³/mol. The molecule has 3 heteroatoms. The number of benzene rings is 2. The largest absolute Gasteiger partial charge is 0.497 e. The molecule has 2 nitrogen and oxygen atoms in total. The zero-order valence-electron chi connectivity index (χ0n) is 11.2. The van der Waals surface area contributed by atoms with Crippen LogP contribution in [0.2, 0.25) is 5.02 Å². The van der Waals surface area contributed by atoms with Crippen molar-refractivity contribution >= 4 is 11.6 Å². The Morgan fingerprint density at radius 1 is 1.16 bits per heavy atom. The van der Waals surface area contributed by atoms with Crippen LogP contribution in [0.5, 0.6) is 5.75 Å². The number of ether oxygens (including phenoxy) is 1. The third-order valence-corrected chi connectivity index (χ3v) is 3.50. The SMILES string of the molecule is COc1ccc(C(N)Cc2ccc(Cl)cc2)c(C)c1. The molecule has 1 atom stereocenters. The summed E-state index contributed by atoms with van der Waals surface area (Å²) in [5, 5.41) is 0.748. The van der Waals surface area contributed by atoms with Gasteiger partial charge in [-0.1, -0.05) is 29.8 Å². The molecule has 19 heavy (non-hydrogen) atoms. The molecule has 0 bridgehead atoms. The first-order chi connectivity index (χ1) is 9.10. The monoisotopic (exact) mass is 275 g/mol. The summed E-state index contributed by atoms with van der Waals surface area (Å²) in [5.41, 5.74) is 9.77. The highest BCUT2D eigenvalue weighted by molar-refractivity contribution is 6.30. The highest BCUT2D eigenvalue weighted by Gasteiger charge is 2.10. The van der Waals surface area contributed by atoms with Crippen LogP contribution in [0.15, 0.2) is 42.5 Å². The lowest BCUT2D eigenvalue weighted by atomic mass is 9.96. The number of hydrogen-bond acceptors (Lipinski definition) is 2. The van der Waals surface area contributed by atoms with Gasteiger partial charge in [0.25, 0.3) is 0 Å². The minimum absolute atomic E-state index is 0.0212. The zero-order valence-corrected chi connectivity index (χ0v) is 11.9. The lowest BCUT2D eigenvalue weighted by molar-refractivity contribution is 0.414. The number of nitrogens with two attached hydrogens (primary N) is 1. The Kier molecular flexibility index (Phi) is 4.46. The maximum absolute atomic E-state index is 6.28. The molecular weight excluding hydrogens is 258 g/mol. The summed E-state index contributed by atoms with van der Waals surface area (Å²) in [4.78, 5) is 0. The van der Waals surface area contributed by atoms with Crippen LogP contribution < -0.4 is 10.5 Å². The molecule has 0 heterocycles. The minimum Gasteiger partial charge on any atom is -0.497 e. The zero-order chi connectivity index (χ0) is 13.8. The lowest BCUT2D eigenvalue weighted by Gasteiger charge is -2.16. The second-order valence-corrected chi connectivity index (χ2v) is 5.10. The third-order valence-electron chi connectivity index (χ3n) is 3.25. The van der Waals surface area contributed by atoms with Gasteiger partial charge < -0.3 is 10.5 Å². The van der Waals surface area contributed by atoms with Crippen molar-refractivity contribution in [2.45, 2.75) is 19.4 Å². The van der Waals surface area contributed by atoms with E-state index < -0.39 is 0 Å². The first-order valence-corrected chi connectivity index (χ1v) is 6.62. The predicted octanol–water partition coefficient (Wildman–Crippen LogP) is 3.90. The second kappa shape index (κ2) is 6.09. The quantitative estimate of drug-likeness (QED) is 0.918. The molecule has 0 spiro atoms. The van der Waals surface area contributed by atoms with E-state index in [1.54, 1.807) is 7.11 Å². The normalized spacial score (nSPS) is 12.2. The van der Waals surface area contributed by atoms with Crippen LogP contribution >= 0.6 is 11.6 Å². The molecule has 0 aliphatic rings. The Labute approximate surface area is 119 Å². The van der Waals surface area contributed by atoms with Gasteiger partial charge >= 0.3 is 0 Å². The highest BCUT2D eigenvalue weighted by atomic mass is 35.5. The molecule has 0 fully saturated rings. The van der Waals surface area contributed by atoms with Gasteiger partial charge in [0.05, 0.1) is 7.11 Å².